The van der Waals surface area contributed by atoms with Crippen molar-refractivity contribution in [2.24, 2.45) is 0 Å². The van der Waals surface area contributed by atoms with Gasteiger partial charge in [0, 0.05) is 5.56 Å². The second-order valence-corrected chi connectivity index (χ2v) is 6.50. The van der Waals surface area contributed by atoms with E-state index in [0.717, 1.165) is 4.09 Å². The quantitative estimate of drug-likeness (QED) is 0.714. The van der Waals surface area contributed by atoms with E-state index in [1.807, 2.05) is 0 Å². The van der Waals surface area contributed by atoms with Crippen molar-refractivity contribution in [1.82, 2.24) is 19.6 Å². The van der Waals surface area contributed by atoms with Crippen molar-refractivity contribution in [2.45, 2.75) is 4.90 Å². The lowest BCUT2D eigenvalue weighted by Crippen LogP contribution is -2.16. The summed E-state index contributed by atoms with van der Waals surface area (Å²) in [6, 6.07) is 13.0. The Morgan fingerprint density at radius 3 is 2.61 bits per heavy atom. The van der Waals surface area contributed by atoms with Crippen LogP contribution in [0.15, 0.2) is 53.4 Å². The number of nitrogens with zero attached hydrogens (tertiary/aromatic N) is 4. The first-order chi connectivity index (χ1) is 11.2. The van der Waals surface area contributed by atoms with Crippen LogP contribution in [0.25, 0.3) is 11.4 Å². The topological polar surface area (TPSA) is 96.2 Å². The molecule has 0 N–H and O–H groups in total. The summed E-state index contributed by atoms with van der Waals surface area (Å²) in [5.41, 5.74) is 0.513. The third-order valence-electron chi connectivity index (χ3n) is 3.34. The van der Waals surface area contributed by atoms with E-state index >= 15 is 0 Å². The van der Waals surface area contributed by atoms with Crippen molar-refractivity contribution in [2.75, 3.05) is 6.79 Å². The monoisotopic (exact) mass is 330 g/mol. The van der Waals surface area contributed by atoms with Gasteiger partial charge in [-0.1, -0.05) is 18.2 Å². The Hall–Kier alpha value is -2.94. The number of benzene rings is 2. The van der Waals surface area contributed by atoms with Crippen LogP contribution in [0.1, 0.15) is 0 Å². The lowest BCUT2D eigenvalue weighted by Gasteiger charge is -2.06. The molecule has 1 aliphatic rings. The molecule has 116 valence electrons. The normalized spacial score (nSPS) is 13.2. The first-order valence-corrected chi connectivity index (χ1v) is 8.09. The highest BCUT2D eigenvalue weighted by Gasteiger charge is 2.25. The number of rotatable bonds is 3. The summed E-state index contributed by atoms with van der Waals surface area (Å²) in [6.07, 6.45) is 0. The van der Waals surface area contributed by atoms with Gasteiger partial charge >= 0.3 is 0 Å². The number of ether oxygens (including phenoxy) is 2. The summed E-state index contributed by atoms with van der Waals surface area (Å²) < 4.78 is 36.7. The fourth-order valence-electron chi connectivity index (χ4n) is 2.24. The molecule has 0 unspecified atom stereocenters. The molecule has 0 radical (unpaired) electrons. The number of hydrogen-bond acceptors (Lipinski definition) is 7. The Kier molecular flexibility index (Phi) is 3.01. The fourth-order valence-corrected chi connectivity index (χ4v) is 3.44. The SMILES string of the molecule is O=S(=O)(c1ccccc1)n1nnnc1-c1ccc2c(c1)OCO2. The van der Waals surface area contributed by atoms with E-state index in [4.69, 9.17) is 9.47 Å². The van der Waals surface area contributed by atoms with E-state index in [1.165, 1.54) is 12.1 Å². The van der Waals surface area contributed by atoms with Gasteiger partial charge in [-0.15, -0.1) is 9.19 Å². The predicted octanol–water partition coefficient (Wildman–Crippen LogP) is 1.31. The van der Waals surface area contributed by atoms with E-state index in [1.54, 1.807) is 36.4 Å². The summed E-state index contributed by atoms with van der Waals surface area (Å²) in [4.78, 5) is 0.106. The number of tetrazole rings is 1. The molecule has 0 spiro atoms. The van der Waals surface area contributed by atoms with Crippen molar-refractivity contribution in [3.63, 3.8) is 0 Å². The van der Waals surface area contributed by atoms with E-state index in [0.29, 0.717) is 17.1 Å². The zero-order chi connectivity index (χ0) is 15.9. The second kappa shape index (κ2) is 5.06. The van der Waals surface area contributed by atoms with Gasteiger partial charge in [-0.25, -0.2) is 0 Å². The van der Waals surface area contributed by atoms with Crippen LogP contribution < -0.4 is 9.47 Å². The maximum absolute atomic E-state index is 12.7. The fraction of sp³-hybridized carbons (Fsp3) is 0.0714. The van der Waals surface area contributed by atoms with Gasteiger partial charge in [-0.05, 0) is 40.8 Å². The van der Waals surface area contributed by atoms with Crippen molar-refractivity contribution in [1.29, 1.82) is 0 Å². The van der Waals surface area contributed by atoms with Crippen LogP contribution in [0, 0.1) is 0 Å². The smallest absolute Gasteiger partial charge is 0.286 e. The minimum absolute atomic E-state index is 0.104. The number of aromatic nitrogens is 4. The maximum Gasteiger partial charge on any atom is 0.286 e. The molecule has 0 saturated carbocycles. The summed E-state index contributed by atoms with van der Waals surface area (Å²) in [7, 11) is -3.88. The molecular weight excluding hydrogens is 320 g/mol. The third kappa shape index (κ3) is 2.21. The first kappa shape index (κ1) is 13.7. The van der Waals surface area contributed by atoms with E-state index in [2.05, 4.69) is 15.5 Å². The molecule has 1 aliphatic heterocycles. The zero-order valence-electron chi connectivity index (χ0n) is 11.7. The molecule has 9 heteroatoms. The minimum atomic E-state index is -3.88. The molecule has 0 atom stereocenters. The molecule has 0 saturated heterocycles. The molecule has 23 heavy (non-hydrogen) atoms. The predicted molar refractivity (Wildman–Crippen MR) is 78.4 cm³/mol. The van der Waals surface area contributed by atoms with E-state index < -0.39 is 10.0 Å². The summed E-state index contributed by atoms with van der Waals surface area (Å²) in [6.45, 7) is 0.131. The van der Waals surface area contributed by atoms with Gasteiger partial charge in [0.05, 0.1) is 4.90 Å². The van der Waals surface area contributed by atoms with E-state index in [9.17, 15) is 8.42 Å². The Morgan fingerprint density at radius 2 is 1.78 bits per heavy atom. The van der Waals surface area contributed by atoms with Crippen LogP contribution in [0.2, 0.25) is 0 Å². The molecule has 0 bridgehead atoms. The van der Waals surface area contributed by atoms with Gasteiger partial charge < -0.3 is 9.47 Å². The highest BCUT2D eigenvalue weighted by atomic mass is 32.2. The summed E-state index contributed by atoms with van der Waals surface area (Å²) in [5.74, 6) is 1.22. The summed E-state index contributed by atoms with van der Waals surface area (Å²) in [5, 5.41) is 11.0. The third-order valence-corrected chi connectivity index (χ3v) is 4.91. The van der Waals surface area contributed by atoms with Crippen LogP contribution in [0.5, 0.6) is 11.5 Å². The Balaban J connectivity index is 1.83. The van der Waals surface area contributed by atoms with Gasteiger partial charge in [0.1, 0.15) is 0 Å². The molecule has 1 aromatic heterocycles. The van der Waals surface area contributed by atoms with Gasteiger partial charge in [-0.2, -0.15) is 8.42 Å². The van der Waals surface area contributed by atoms with Crippen molar-refractivity contribution in [3.8, 4) is 22.9 Å². The zero-order valence-corrected chi connectivity index (χ0v) is 12.5. The van der Waals surface area contributed by atoms with Crippen molar-refractivity contribution < 1.29 is 17.9 Å². The van der Waals surface area contributed by atoms with Crippen molar-refractivity contribution in [3.05, 3.63) is 48.5 Å². The lowest BCUT2D eigenvalue weighted by atomic mass is 10.2. The Labute approximate surface area is 131 Å². The minimum Gasteiger partial charge on any atom is -0.454 e. The maximum atomic E-state index is 12.7. The number of hydrogen-bond donors (Lipinski definition) is 0. The molecule has 0 amide bonds. The molecule has 0 aliphatic carbocycles. The average molecular weight is 330 g/mol. The van der Waals surface area contributed by atoms with Gasteiger partial charge in [0.2, 0.25) is 6.79 Å². The molecule has 2 heterocycles. The highest BCUT2D eigenvalue weighted by Crippen LogP contribution is 2.35. The van der Waals surface area contributed by atoms with Crippen LogP contribution >= 0.6 is 0 Å². The Bertz CT molecular complexity index is 969. The Morgan fingerprint density at radius 1 is 1.00 bits per heavy atom. The molecule has 8 nitrogen and oxygen atoms in total. The number of fused-ring (bicyclic) bond motifs is 1. The second-order valence-electron chi connectivity index (χ2n) is 4.73. The average Bonchev–Trinajstić information content (AvgIpc) is 3.24. The largest absolute Gasteiger partial charge is 0.454 e. The highest BCUT2D eigenvalue weighted by molar-refractivity contribution is 7.90. The van der Waals surface area contributed by atoms with Crippen LogP contribution in [0.4, 0.5) is 0 Å². The lowest BCUT2D eigenvalue weighted by molar-refractivity contribution is 0.174. The molecule has 4 rings (SSSR count). The summed E-state index contributed by atoms with van der Waals surface area (Å²) >= 11 is 0. The van der Waals surface area contributed by atoms with Gasteiger partial charge in [-0.3, -0.25) is 0 Å². The molecule has 0 fully saturated rings. The van der Waals surface area contributed by atoms with E-state index in [-0.39, 0.29) is 17.5 Å². The molecular formula is C14H10N4O4S. The van der Waals surface area contributed by atoms with Crippen molar-refractivity contribution >= 4 is 10.0 Å². The van der Waals surface area contributed by atoms with Gasteiger partial charge in [0.15, 0.2) is 17.3 Å². The van der Waals surface area contributed by atoms with Gasteiger partial charge in [0.25, 0.3) is 10.0 Å². The van der Waals surface area contributed by atoms with Crippen LogP contribution in [0.3, 0.4) is 0 Å². The first-order valence-electron chi connectivity index (χ1n) is 6.65. The van der Waals surface area contributed by atoms with Crippen LogP contribution in [-0.4, -0.2) is 34.8 Å². The standard InChI is InChI=1S/C14H10N4O4S/c19-23(20,11-4-2-1-3-5-11)18-14(15-16-17-18)10-6-7-12-13(8-10)22-9-21-12/h1-8H,9H2. The van der Waals surface area contributed by atoms with Crippen LogP contribution in [-0.2, 0) is 10.0 Å². The molecule has 3 aromatic rings. The molecule has 2 aromatic carbocycles.